The SMILES string of the molecule is COc1ccc(Br)c(CNCCCc2nc3ccccc3[nH]2)c1OC(C)C. The van der Waals surface area contributed by atoms with Crippen molar-refractivity contribution >= 4 is 27.0 Å². The van der Waals surface area contributed by atoms with Gasteiger partial charge < -0.3 is 19.8 Å². The smallest absolute Gasteiger partial charge is 0.167 e. The van der Waals surface area contributed by atoms with Crippen LogP contribution in [0.25, 0.3) is 11.0 Å². The molecular formula is C21H26BrN3O2. The van der Waals surface area contributed by atoms with E-state index < -0.39 is 0 Å². The van der Waals surface area contributed by atoms with E-state index in [4.69, 9.17) is 9.47 Å². The Morgan fingerprint density at radius 2 is 2.00 bits per heavy atom. The van der Waals surface area contributed by atoms with E-state index in [0.29, 0.717) is 6.54 Å². The minimum absolute atomic E-state index is 0.0834. The number of nitrogens with zero attached hydrogens (tertiary/aromatic N) is 1. The van der Waals surface area contributed by atoms with Gasteiger partial charge in [0.05, 0.1) is 24.2 Å². The molecule has 0 saturated carbocycles. The van der Waals surface area contributed by atoms with Crippen LogP contribution in [0.4, 0.5) is 0 Å². The minimum Gasteiger partial charge on any atom is -0.493 e. The van der Waals surface area contributed by atoms with Crippen LogP contribution >= 0.6 is 15.9 Å². The largest absolute Gasteiger partial charge is 0.493 e. The number of nitrogens with one attached hydrogen (secondary N) is 2. The number of imidazole rings is 1. The molecule has 0 atom stereocenters. The number of fused-ring (bicyclic) bond motifs is 1. The molecule has 0 spiro atoms. The fourth-order valence-corrected chi connectivity index (χ4v) is 3.44. The molecule has 0 aliphatic heterocycles. The highest BCUT2D eigenvalue weighted by molar-refractivity contribution is 9.10. The first-order valence-corrected chi connectivity index (χ1v) is 10.0. The van der Waals surface area contributed by atoms with Gasteiger partial charge in [-0.3, -0.25) is 0 Å². The van der Waals surface area contributed by atoms with Crippen LogP contribution in [0.15, 0.2) is 40.9 Å². The van der Waals surface area contributed by atoms with E-state index in [1.165, 1.54) is 0 Å². The molecule has 2 aromatic carbocycles. The first-order chi connectivity index (χ1) is 13.1. The van der Waals surface area contributed by atoms with Gasteiger partial charge in [0.1, 0.15) is 5.82 Å². The summed E-state index contributed by atoms with van der Waals surface area (Å²) in [5, 5.41) is 3.50. The van der Waals surface area contributed by atoms with Crippen molar-refractivity contribution in [1.29, 1.82) is 0 Å². The van der Waals surface area contributed by atoms with E-state index in [0.717, 1.165) is 57.8 Å². The zero-order valence-corrected chi connectivity index (χ0v) is 17.6. The third kappa shape index (κ3) is 5.02. The lowest BCUT2D eigenvalue weighted by Crippen LogP contribution is -2.18. The molecule has 3 aromatic rings. The van der Waals surface area contributed by atoms with Gasteiger partial charge in [-0.15, -0.1) is 0 Å². The van der Waals surface area contributed by atoms with Crippen LogP contribution in [0.3, 0.4) is 0 Å². The number of benzene rings is 2. The Hall–Kier alpha value is -2.05. The Kier molecular flexibility index (Phi) is 6.74. The summed E-state index contributed by atoms with van der Waals surface area (Å²) < 4.78 is 12.5. The number of rotatable bonds is 9. The van der Waals surface area contributed by atoms with Crippen molar-refractivity contribution in [3.8, 4) is 11.5 Å². The molecule has 1 heterocycles. The summed E-state index contributed by atoms with van der Waals surface area (Å²) in [6.07, 6.45) is 2.00. The van der Waals surface area contributed by atoms with E-state index >= 15 is 0 Å². The van der Waals surface area contributed by atoms with Crippen LogP contribution in [-0.4, -0.2) is 29.7 Å². The zero-order chi connectivity index (χ0) is 19.2. The summed E-state index contributed by atoms with van der Waals surface area (Å²) in [6, 6.07) is 12.0. The van der Waals surface area contributed by atoms with E-state index in [1.807, 2.05) is 44.2 Å². The minimum atomic E-state index is 0.0834. The van der Waals surface area contributed by atoms with Crippen LogP contribution in [0.5, 0.6) is 11.5 Å². The lowest BCUT2D eigenvalue weighted by atomic mass is 10.1. The number of para-hydroxylation sites is 2. The molecule has 144 valence electrons. The average molecular weight is 432 g/mol. The fraction of sp³-hybridized carbons (Fsp3) is 0.381. The Morgan fingerprint density at radius 1 is 1.19 bits per heavy atom. The standard InChI is InChI=1S/C21H26BrN3O2/c1-14(2)27-21-15(16(22)10-11-19(21)26-3)13-23-12-6-9-20-24-17-7-4-5-8-18(17)25-20/h4-5,7-8,10-11,14,23H,6,9,12-13H2,1-3H3,(H,24,25). The summed E-state index contributed by atoms with van der Waals surface area (Å²) >= 11 is 3.64. The first-order valence-electron chi connectivity index (χ1n) is 9.25. The summed E-state index contributed by atoms with van der Waals surface area (Å²) in [5.74, 6) is 2.59. The maximum absolute atomic E-state index is 6.00. The van der Waals surface area contributed by atoms with Crippen molar-refractivity contribution in [1.82, 2.24) is 15.3 Å². The van der Waals surface area contributed by atoms with Crippen LogP contribution in [0.1, 0.15) is 31.7 Å². The number of H-pyrrole nitrogens is 1. The predicted octanol–water partition coefficient (Wildman–Crippen LogP) is 4.84. The summed E-state index contributed by atoms with van der Waals surface area (Å²) in [4.78, 5) is 8.00. The summed E-state index contributed by atoms with van der Waals surface area (Å²) in [6.45, 7) is 5.64. The molecule has 1 aromatic heterocycles. The van der Waals surface area contributed by atoms with E-state index in [-0.39, 0.29) is 6.10 Å². The number of ether oxygens (including phenoxy) is 2. The number of methoxy groups -OCH3 is 1. The Morgan fingerprint density at radius 3 is 2.74 bits per heavy atom. The molecule has 0 aliphatic rings. The molecule has 2 N–H and O–H groups in total. The molecule has 0 radical (unpaired) electrons. The number of aromatic amines is 1. The second-order valence-electron chi connectivity index (χ2n) is 6.70. The molecule has 27 heavy (non-hydrogen) atoms. The molecule has 3 rings (SSSR count). The predicted molar refractivity (Wildman–Crippen MR) is 113 cm³/mol. The lowest BCUT2D eigenvalue weighted by molar-refractivity contribution is 0.227. The van der Waals surface area contributed by atoms with E-state index in [9.17, 15) is 0 Å². The Balaban J connectivity index is 1.56. The van der Waals surface area contributed by atoms with Gasteiger partial charge in [-0.25, -0.2) is 4.98 Å². The maximum Gasteiger partial charge on any atom is 0.167 e. The van der Waals surface area contributed by atoms with Crippen molar-refractivity contribution in [3.05, 3.63) is 52.3 Å². The van der Waals surface area contributed by atoms with Gasteiger partial charge >= 0.3 is 0 Å². The first kappa shape index (κ1) is 19.7. The van der Waals surface area contributed by atoms with E-state index in [2.05, 4.69) is 37.3 Å². The molecular weight excluding hydrogens is 406 g/mol. The van der Waals surface area contributed by atoms with Gasteiger partial charge in [-0.1, -0.05) is 28.1 Å². The number of aryl methyl sites for hydroxylation is 1. The number of halogens is 1. The molecule has 0 fully saturated rings. The highest BCUT2D eigenvalue weighted by Crippen LogP contribution is 2.36. The van der Waals surface area contributed by atoms with Crippen molar-refractivity contribution in [2.45, 2.75) is 39.3 Å². The highest BCUT2D eigenvalue weighted by Gasteiger charge is 2.15. The third-order valence-corrected chi connectivity index (χ3v) is 4.99. The molecule has 6 heteroatoms. The van der Waals surface area contributed by atoms with Crippen LogP contribution < -0.4 is 14.8 Å². The van der Waals surface area contributed by atoms with Gasteiger partial charge in [0, 0.05) is 23.0 Å². The summed E-state index contributed by atoms with van der Waals surface area (Å²) in [5.41, 5.74) is 3.19. The monoisotopic (exact) mass is 431 g/mol. The molecule has 0 aliphatic carbocycles. The van der Waals surface area contributed by atoms with Crippen molar-refractivity contribution in [3.63, 3.8) is 0 Å². The fourth-order valence-electron chi connectivity index (χ4n) is 2.99. The van der Waals surface area contributed by atoms with Gasteiger partial charge in [0.2, 0.25) is 0 Å². The highest BCUT2D eigenvalue weighted by atomic mass is 79.9. The normalized spacial score (nSPS) is 11.3. The number of aromatic nitrogens is 2. The zero-order valence-electron chi connectivity index (χ0n) is 16.0. The number of hydrogen-bond donors (Lipinski definition) is 2. The Bertz CT molecular complexity index is 859. The van der Waals surface area contributed by atoms with Gasteiger partial charge in [0.25, 0.3) is 0 Å². The molecule has 0 unspecified atom stereocenters. The molecule has 0 amide bonds. The average Bonchev–Trinajstić information content (AvgIpc) is 3.06. The number of hydrogen-bond acceptors (Lipinski definition) is 4. The maximum atomic E-state index is 6.00. The van der Waals surface area contributed by atoms with Crippen molar-refractivity contribution < 1.29 is 9.47 Å². The van der Waals surface area contributed by atoms with Gasteiger partial charge in [0.15, 0.2) is 11.5 Å². The third-order valence-electron chi connectivity index (χ3n) is 4.25. The van der Waals surface area contributed by atoms with Gasteiger partial charge in [-0.05, 0) is 51.1 Å². The van der Waals surface area contributed by atoms with Crippen molar-refractivity contribution in [2.24, 2.45) is 0 Å². The Labute approximate surface area is 168 Å². The second-order valence-corrected chi connectivity index (χ2v) is 7.56. The summed E-state index contributed by atoms with van der Waals surface area (Å²) in [7, 11) is 1.67. The molecule has 0 saturated heterocycles. The molecule has 5 nitrogen and oxygen atoms in total. The molecule has 0 bridgehead atoms. The topological polar surface area (TPSA) is 59.2 Å². The van der Waals surface area contributed by atoms with Crippen LogP contribution in [-0.2, 0) is 13.0 Å². The second kappa shape index (κ2) is 9.24. The van der Waals surface area contributed by atoms with Gasteiger partial charge in [-0.2, -0.15) is 0 Å². The van der Waals surface area contributed by atoms with Crippen LogP contribution in [0, 0.1) is 0 Å². The van der Waals surface area contributed by atoms with E-state index in [1.54, 1.807) is 7.11 Å². The van der Waals surface area contributed by atoms with Crippen molar-refractivity contribution in [2.75, 3.05) is 13.7 Å². The van der Waals surface area contributed by atoms with Crippen LogP contribution in [0.2, 0.25) is 0 Å². The quantitative estimate of drug-likeness (QED) is 0.475. The lowest BCUT2D eigenvalue weighted by Gasteiger charge is -2.19.